The molecular formula is C10H9BrClNO2. The maximum absolute atomic E-state index is 11.7. The molecule has 1 amide bonds. The summed E-state index contributed by atoms with van der Waals surface area (Å²) in [5.41, 5.74) is 0.596. The average molecular weight is 291 g/mol. The predicted octanol–water partition coefficient (Wildman–Crippen LogP) is 2.23. The average Bonchev–Trinajstić information content (AvgIpc) is 2.15. The van der Waals surface area contributed by atoms with Crippen LogP contribution in [-0.4, -0.2) is 25.2 Å². The summed E-state index contributed by atoms with van der Waals surface area (Å²) < 4.78 is 5.69. The third kappa shape index (κ3) is 2.51. The lowest BCUT2D eigenvalue weighted by atomic mass is 10.2. The van der Waals surface area contributed by atoms with E-state index in [1.165, 1.54) is 0 Å². The van der Waals surface area contributed by atoms with E-state index in [1.807, 2.05) is 0 Å². The van der Waals surface area contributed by atoms with Crippen LogP contribution in [0, 0.1) is 0 Å². The molecule has 1 heterocycles. The highest BCUT2D eigenvalue weighted by molar-refractivity contribution is 9.10. The van der Waals surface area contributed by atoms with E-state index in [0.717, 1.165) is 4.47 Å². The number of carbonyl (C=O) groups excluding carboxylic acids is 1. The normalized spacial score (nSPS) is 15.9. The Morgan fingerprint density at radius 2 is 2.27 bits per heavy atom. The second-order valence-corrected chi connectivity index (χ2v) is 4.60. The smallest absolute Gasteiger partial charge is 0.251 e. The number of amides is 1. The van der Waals surface area contributed by atoms with Crippen molar-refractivity contribution in [3.05, 3.63) is 33.3 Å². The summed E-state index contributed by atoms with van der Waals surface area (Å²) >= 11 is 9.11. The molecular weight excluding hydrogens is 281 g/mol. The highest BCUT2D eigenvalue weighted by Crippen LogP contribution is 2.23. The van der Waals surface area contributed by atoms with Gasteiger partial charge in [0.05, 0.1) is 24.3 Å². The number of nitrogens with one attached hydrogen (secondary N) is 1. The van der Waals surface area contributed by atoms with E-state index in [1.54, 1.807) is 18.2 Å². The maximum Gasteiger partial charge on any atom is 0.251 e. The third-order valence-corrected chi connectivity index (χ3v) is 3.37. The summed E-state index contributed by atoms with van der Waals surface area (Å²) in [7, 11) is 0. The van der Waals surface area contributed by atoms with Gasteiger partial charge < -0.3 is 10.1 Å². The first kappa shape index (κ1) is 10.9. The van der Waals surface area contributed by atoms with Crippen LogP contribution in [0.2, 0.25) is 5.02 Å². The van der Waals surface area contributed by atoms with Crippen molar-refractivity contribution in [1.82, 2.24) is 5.32 Å². The topological polar surface area (TPSA) is 38.3 Å². The zero-order valence-corrected chi connectivity index (χ0v) is 10.1. The van der Waals surface area contributed by atoms with E-state index in [-0.39, 0.29) is 11.9 Å². The molecule has 5 heteroatoms. The Balaban J connectivity index is 2.07. The first-order valence-corrected chi connectivity index (χ1v) is 5.67. The van der Waals surface area contributed by atoms with Gasteiger partial charge in [-0.05, 0) is 34.1 Å². The van der Waals surface area contributed by atoms with Crippen LogP contribution in [-0.2, 0) is 4.74 Å². The number of ether oxygens (including phenoxy) is 1. The largest absolute Gasteiger partial charge is 0.377 e. The van der Waals surface area contributed by atoms with Crippen LogP contribution in [0.5, 0.6) is 0 Å². The molecule has 0 bridgehead atoms. The molecule has 0 unspecified atom stereocenters. The summed E-state index contributed by atoms with van der Waals surface area (Å²) in [6.07, 6.45) is 0. The molecule has 0 spiro atoms. The molecule has 1 aromatic carbocycles. The molecule has 15 heavy (non-hydrogen) atoms. The van der Waals surface area contributed by atoms with Crippen molar-refractivity contribution in [1.29, 1.82) is 0 Å². The van der Waals surface area contributed by atoms with Crippen LogP contribution in [0.1, 0.15) is 10.4 Å². The highest BCUT2D eigenvalue weighted by Gasteiger charge is 2.21. The van der Waals surface area contributed by atoms with Crippen molar-refractivity contribution in [2.24, 2.45) is 0 Å². The van der Waals surface area contributed by atoms with Crippen molar-refractivity contribution >= 4 is 33.4 Å². The number of hydrogen-bond acceptors (Lipinski definition) is 2. The van der Waals surface area contributed by atoms with Gasteiger partial charge in [-0.2, -0.15) is 0 Å². The zero-order chi connectivity index (χ0) is 10.8. The fraction of sp³-hybridized carbons (Fsp3) is 0.300. The lowest BCUT2D eigenvalue weighted by Crippen LogP contribution is -2.48. The minimum Gasteiger partial charge on any atom is -0.377 e. The summed E-state index contributed by atoms with van der Waals surface area (Å²) in [6.45, 7) is 1.20. The van der Waals surface area contributed by atoms with Crippen LogP contribution < -0.4 is 5.32 Å². The van der Waals surface area contributed by atoms with Crippen molar-refractivity contribution in [2.45, 2.75) is 6.04 Å². The second kappa shape index (κ2) is 4.51. The van der Waals surface area contributed by atoms with Crippen molar-refractivity contribution in [3.63, 3.8) is 0 Å². The van der Waals surface area contributed by atoms with Gasteiger partial charge in [-0.1, -0.05) is 11.6 Å². The predicted molar refractivity (Wildman–Crippen MR) is 61.2 cm³/mol. The monoisotopic (exact) mass is 289 g/mol. The number of rotatable bonds is 2. The summed E-state index contributed by atoms with van der Waals surface area (Å²) in [5, 5.41) is 3.45. The van der Waals surface area contributed by atoms with Gasteiger partial charge in [0.15, 0.2) is 0 Å². The molecule has 1 aromatic rings. The summed E-state index contributed by atoms with van der Waals surface area (Å²) in [5.74, 6) is -0.0966. The summed E-state index contributed by atoms with van der Waals surface area (Å²) in [4.78, 5) is 11.7. The minimum atomic E-state index is -0.0966. The Morgan fingerprint density at radius 1 is 1.53 bits per heavy atom. The Bertz CT molecular complexity index is 393. The summed E-state index contributed by atoms with van der Waals surface area (Å²) in [6, 6.07) is 5.24. The lowest BCUT2D eigenvalue weighted by molar-refractivity contribution is -0.00346. The molecule has 1 fully saturated rings. The van der Waals surface area contributed by atoms with E-state index in [0.29, 0.717) is 23.8 Å². The quantitative estimate of drug-likeness (QED) is 0.907. The van der Waals surface area contributed by atoms with E-state index < -0.39 is 0 Å². The molecule has 1 N–H and O–H groups in total. The zero-order valence-electron chi connectivity index (χ0n) is 7.80. The molecule has 0 atom stereocenters. The Morgan fingerprint density at radius 3 is 2.80 bits per heavy atom. The van der Waals surface area contributed by atoms with Gasteiger partial charge in [-0.3, -0.25) is 4.79 Å². The number of carbonyl (C=O) groups is 1. The van der Waals surface area contributed by atoms with Gasteiger partial charge in [0, 0.05) is 10.0 Å². The van der Waals surface area contributed by atoms with Crippen molar-refractivity contribution in [3.8, 4) is 0 Å². The Kier molecular flexibility index (Phi) is 3.29. The third-order valence-electron chi connectivity index (χ3n) is 2.16. The van der Waals surface area contributed by atoms with Gasteiger partial charge >= 0.3 is 0 Å². The van der Waals surface area contributed by atoms with Crippen molar-refractivity contribution < 1.29 is 9.53 Å². The molecule has 1 aliphatic rings. The minimum absolute atomic E-state index is 0.0966. The molecule has 80 valence electrons. The van der Waals surface area contributed by atoms with Crippen molar-refractivity contribution in [2.75, 3.05) is 13.2 Å². The second-order valence-electron chi connectivity index (χ2n) is 3.34. The molecule has 0 radical (unpaired) electrons. The standard InChI is InChI=1S/C10H9BrClNO2/c11-8-3-6(1-2-9(8)12)10(14)13-7-4-15-5-7/h1-3,7H,4-5H2,(H,13,14). The van der Waals surface area contributed by atoms with E-state index >= 15 is 0 Å². The molecule has 0 aromatic heterocycles. The van der Waals surface area contributed by atoms with E-state index in [4.69, 9.17) is 16.3 Å². The molecule has 1 aliphatic heterocycles. The fourth-order valence-electron chi connectivity index (χ4n) is 1.23. The van der Waals surface area contributed by atoms with Crippen LogP contribution >= 0.6 is 27.5 Å². The molecule has 1 saturated heterocycles. The van der Waals surface area contributed by atoms with Gasteiger partial charge in [-0.15, -0.1) is 0 Å². The van der Waals surface area contributed by atoms with E-state index in [9.17, 15) is 4.79 Å². The van der Waals surface area contributed by atoms with Crippen LogP contribution in [0.3, 0.4) is 0 Å². The maximum atomic E-state index is 11.7. The number of benzene rings is 1. The number of halogens is 2. The van der Waals surface area contributed by atoms with Gasteiger partial charge in [0.25, 0.3) is 5.91 Å². The molecule has 0 aliphatic carbocycles. The van der Waals surface area contributed by atoms with Gasteiger partial charge in [0.2, 0.25) is 0 Å². The Hall–Kier alpha value is -0.580. The lowest BCUT2D eigenvalue weighted by Gasteiger charge is -2.26. The highest BCUT2D eigenvalue weighted by atomic mass is 79.9. The first-order valence-electron chi connectivity index (χ1n) is 4.50. The molecule has 3 nitrogen and oxygen atoms in total. The van der Waals surface area contributed by atoms with E-state index in [2.05, 4.69) is 21.2 Å². The van der Waals surface area contributed by atoms with Gasteiger partial charge in [0.1, 0.15) is 0 Å². The van der Waals surface area contributed by atoms with Crippen LogP contribution in [0.4, 0.5) is 0 Å². The SMILES string of the molecule is O=C(NC1COC1)c1ccc(Cl)c(Br)c1. The van der Waals surface area contributed by atoms with Gasteiger partial charge in [-0.25, -0.2) is 0 Å². The molecule has 0 saturated carbocycles. The number of hydrogen-bond donors (Lipinski definition) is 1. The first-order chi connectivity index (χ1) is 7.16. The molecule has 2 rings (SSSR count). The fourth-order valence-corrected chi connectivity index (χ4v) is 1.72. The Labute approximate surface area is 101 Å². The van der Waals surface area contributed by atoms with Crippen LogP contribution in [0.25, 0.3) is 0 Å². The van der Waals surface area contributed by atoms with Crippen LogP contribution in [0.15, 0.2) is 22.7 Å².